The van der Waals surface area contributed by atoms with Crippen LogP contribution in [0.25, 0.3) is 0 Å². The second kappa shape index (κ2) is 5.35. The van der Waals surface area contributed by atoms with Gasteiger partial charge in [-0.25, -0.2) is 4.39 Å². The van der Waals surface area contributed by atoms with Crippen LogP contribution in [0.1, 0.15) is 29.6 Å². The van der Waals surface area contributed by atoms with Gasteiger partial charge in [-0.05, 0) is 37.5 Å². The first-order chi connectivity index (χ1) is 8.61. The second-order valence-corrected chi connectivity index (χ2v) is 4.58. The molecule has 1 fully saturated rings. The average Bonchev–Trinajstić information content (AvgIpc) is 2.23. The third-order valence-corrected chi connectivity index (χ3v) is 3.28. The summed E-state index contributed by atoms with van der Waals surface area (Å²) < 4.78 is 13.2. The van der Waals surface area contributed by atoms with Gasteiger partial charge in [-0.3, -0.25) is 4.79 Å². The number of amides is 1. The number of carbonyl (C=O) groups is 1. The van der Waals surface area contributed by atoms with Crippen LogP contribution in [0.15, 0.2) is 18.2 Å². The van der Waals surface area contributed by atoms with Crippen molar-refractivity contribution in [3.8, 4) is 0 Å². The molecule has 5 heteroatoms. The highest BCUT2D eigenvalue weighted by molar-refractivity contribution is 5.95. The maximum absolute atomic E-state index is 13.2. The van der Waals surface area contributed by atoms with Crippen molar-refractivity contribution >= 4 is 11.6 Å². The summed E-state index contributed by atoms with van der Waals surface area (Å²) in [6.45, 7) is 0.187. The van der Waals surface area contributed by atoms with E-state index >= 15 is 0 Å². The highest BCUT2D eigenvalue weighted by Crippen LogP contribution is 2.26. The second-order valence-electron chi connectivity index (χ2n) is 4.58. The van der Waals surface area contributed by atoms with Crippen LogP contribution in [0, 0.1) is 5.82 Å². The van der Waals surface area contributed by atoms with Crippen molar-refractivity contribution in [3.63, 3.8) is 0 Å². The Hall–Kier alpha value is -1.62. The van der Waals surface area contributed by atoms with Gasteiger partial charge in [0.25, 0.3) is 5.91 Å². The molecule has 0 bridgehead atoms. The Kier molecular flexibility index (Phi) is 3.81. The molecule has 1 aromatic carbocycles. The van der Waals surface area contributed by atoms with Crippen molar-refractivity contribution in [3.05, 3.63) is 29.6 Å². The first-order valence-electron chi connectivity index (χ1n) is 6.09. The fraction of sp³-hybridized carbons (Fsp3) is 0.462. The molecule has 1 aromatic rings. The summed E-state index contributed by atoms with van der Waals surface area (Å²) in [4.78, 5) is 13.9. The van der Waals surface area contributed by atoms with Gasteiger partial charge < -0.3 is 15.7 Å². The maximum atomic E-state index is 13.2. The van der Waals surface area contributed by atoms with E-state index in [1.807, 2.05) is 0 Å². The highest BCUT2D eigenvalue weighted by atomic mass is 19.1. The lowest BCUT2D eigenvalue weighted by Crippen LogP contribution is -2.45. The van der Waals surface area contributed by atoms with Crippen LogP contribution < -0.4 is 5.73 Å². The molecular formula is C13H17FN2O2. The minimum atomic E-state index is -0.518. The fourth-order valence-corrected chi connectivity index (χ4v) is 2.16. The minimum absolute atomic E-state index is 0.0902. The standard InChI is InChI=1S/C13H17FN2O2/c14-10-6-9(7-11(15)8-10)13(18)16(4-5-17)12-2-1-3-12/h6-8,12,17H,1-5,15H2. The van der Waals surface area contributed by atoms with Crippen molar-refractivity contribution in [2.45, 2.75) is 25.3 Å². The molecule has 0 heterocycles. The Morgan fingerprint density at radius 3 is 2.67 bits per heavy atom. The molecule has 1 amide bonds. The first kappa shape index (κ1) is 12.8. The number of hydrogen-bond acceptors (Lipinski definition) is 3. The summed E-state index contributed by atoms with van der Waals surface area (Å²) in [5, 5.41) is 9.02. The predicted octanol–water partition coefficient (Wildman–Crippen LogP) is 1.39. The monoisotopic (exact) mass is 252 g/mol. The normalized spacial score (nSPS) is 15.2. The number of hydrogen-bond donors (Lipinski definition) is 2. The number of rotatable bonds is 4. The number of nitrogens with two attached hydrogens (primary N) is 1. The minimum Gasteiger partial charge on any atom is -0.399 e. The quantitative estimate of drug-likeness (QED) is 0.796. The topological polar surface area (TPSA) is 66.6 Å². The van der Waals surface area contributed by atoms with Crippen LogP contribution in [0.4, 0.5) is 10.1 Å². The van der Waals surface area contributed by atoms with Crippen LogP contribution >= 0.6 is 0 Å². The SMILES string of the molecule is Nc1cc(F)cc(C(=O)N(CCO)C2CCC2)c1. The lowest BCUT2D eigenvalue weighted by atomic mass is 9.91. The Labute approximate surface area is 105 Å². The van der Waals surface area contributed by atoms with Crippen molar-refractivity contribution in [2.75, 3.05) is 18.9 Å². The van der Waals surface area contributed by atoms with E-state index in [1.165, 1.54) is 18.2 Å². The van der Waals surface area contributed by atoms with Gasteiger partial charge in [0, 0.05) is 23.8 Å². The molecule has 0 unspecified atom stereocenters. The van der Waals surface area contributed by atoms with E-state index in [0.29, 0.717) is 0 Å². The van der Waals surface area contributed by atoms with Crippen LogP contribution in [-0.2, 0) is 0 Å². The lowest BCUT2D eigenvalue weighted by Gasteiger charge is -2.37. The van der Waals surface area contributed by atoms with E-state index in [2.05, 4.69) is 0 Å². The number of anilines is 1. The zero-order valence-electron chi connectivity index (χ0n) is 10.1. The molecule has 1 aliphatic carbocycles. The first-order valence-corrected chi connectivity index (χ1v) is 6.09. The fourth-order valence-electron chi connectivity index (χ4n) is 2.16. The number of aliphatic hydroxyl groups is 1. The predicted molar refractivity (Wildman–Crippen MR) is 66.6 cm³/mol. The van der Waals surface area contributed by atoms with Gasteiger partial charge >= 0.3 is 0 Å². The van der Waals surface area contributed by atoms with E-state index in [1.54, 1.807) is 4.90 Å². The van der Waals surface area contributed by atoms with Crippen molar-refractivity contribution < 1.29 is 14.3 Å². The van der Waals surface area contributed by atoms with E-state index in [4.69, 9.17) is 10.8 Å². The smallest absolute Gasteiger partial charge is 0.254 e. The summed E-state index contributed by atoms with van der Waals surface area (Å²) >= 11 is 0. The molecule has 1 saturated carbocycles. The van der Waals surface area contributed by atoms with Crippen LogP contribution in [0.2, 0.25) is 0 Å². The molecule has 0 spiro atoms. The number of benzene rings is 1. The zero-order valence-corrected chi connectivity index (χ0v) is 10.1. The van der Waals surface area contributed by atoms with Crippen LogP contribution in [0.3, 0.4) is 0 Å². The molecule has 2 rings (SSSR count). The van der Waals surface area contributed by atoms with E-state index < -0.39 is 5.82 Å². The molecule has 1 aliphatic rings. The van der Waals surface area contributed by atoms with E-state index in [9.17, 15) is 9.18 Å². The summed E-state index contributed by atoms with van der Waals surface area (Å²) in [7, 11) is 0. The number of nitrogen functional groups attached to an aromatic ring is 1. The molecule has 0 aliphatic heterocycles. The van der Waals surface area contributed by atoms with Crippen molar-refractivity contribution in [1.82, 2.24) is 4.90 Å². The molecule has 0 radical (unpaired) electrons. The van der Waals surface area contributed by atoms with Gasteiger partial charge in [-0.15, -0.1) is 0 Å². The molecule has 18 heavy (non-hydrogen) atoms. The lowest BCUT2D eigenvalue weighted by molar-refractivity contribution is 0.0525. The van der Waals surface area contributed by atoms with Gasteiger partial charge in [0.1, 0.15) is 5.82 Å². The molecular weight excluding hydrogens is 235 g/mol. The summed E-state index contributed by atoms with van der Waals surface area (Å²) in [6, 6.07) is 3.99. The Balaban J connectivity index is 2.21. The third kappa shape index (κ3) is 2.61. The molecule has 0 saturated heterocycles. The number of carbonyl (C=O) groups excluding carboxylic acids is 1. The van der Waals surface area contributed by atoms with Gasteiger partial charge in [0.05, 0.1) is 6.61 Å². The van der Waals surface area contributed by atoms with Gasteiger partial charge in [-0.2, -0.15) is 0 Å². The summed E-state index contributed by atoms with van der Waals surface area (Å²) in [6.07, 6.45) is 2.97. The summed E-state index contributed by atoms with van der Waals surface area (Å²) in [5.74, 6) is -0.782. The molecule has 0 aromatic heterocycles. The average molecular weight is 252 g/mol. The van der Waals surface area contributed by atoms with Gasteiger partial charge in [0.2, 0.25) is 0 Å². The van der Waals surface area contributed by atoms with Crippen LogP contribution in [0.5, 0.6) is 0 Å². The van der Waals surface area contributed by atoms with Crippen LogP contribution in [-0.4, -0.2) is 35.1 Å². The number of aliphatic hydroxyl groups excluding tert-OH is 1. The number of nitrogens with zero attached hydrogens (tertiary/aromatic N) is 1. The Morgan fingerprint density at radius 1 is 1.44 bits per heavy atom. The van der Waals surface area contributed by atoms with E-state index in [-0.39, 0.29) is 36.4 Å². The summed E-state index contributed by atoms with van der Waals surface area (Å²) in [5.41, 5.74) is 6.01. The van der Waals surface area contributed by atoms with E-state index in [0.717, 1.165) is 19.3 Å². The van der Waals surface area contributed by atoms with Crippen molar-refractivity contribution in [1.29, 1.82) is 0 Å². The van der Waals surface area contributed by atoms with Gasteiger partial charge in [0.15, 0.2) is 0 Å². The Bertz CT molecular complexity index is 426. The van der Waals surface area contributed by atoms with Gasteiger partial charge in [-0.1, -0.05) is 0 Å². The third-order valence-electron chi connectivity index (χ3n) is 3.28. The molecule has 0 atom stereocenters. The molecule has 98 valence electrons. The largest absolute Gasteiger partial charge is 0.399 e. The Morgan fingerprint density at radius 2 is 2.17 bits per heavy atom. The molecule has 3 N–H and O–H groups in total. The highest BCUT2D eigenvalue weighted by Gasteiger charge is 2.29. The van der Waals surface area contributed by atoms with Crippen molar-refractivity contribution in [2.24, 2.45) is 0 Å². The number of halogens is 1. The zero-order chi connectivity index (χ0) is 13.1. The maximum Gasteiger partial charge on any atom is 0.254 e. The molecule has 4 nitrogen and oxygen atoms in total.